The summed E-state index contributed by atoms with van der Waals surface area (Å²) in [5.41, 5.74) is 0.766. The van der Waals surface area contributed by atoms with Gasteiger partial charge in [-0.1, -0.05) is 130 Å². The van der Waals surface area contributed by atoms with Gasteiger partial charge in [0.05, 0.1) is 115 Å². The van der Waals surface area contributed by atoms with Gasteiger partial charge in [-0.05, 0) is 228 Å². The van der Waals surface area contributed by atoms with Gasteiger partial charge in [0.15, 0.2) is 41.5 Å². The van der Waals surface area contributed by atoms with Crippen LogP contribution >= 0.6 is 0 Å². The lowest BCUT2D eigenvalue weighted by Crippen LogP contribution is -2.60. The molecule has 146 heavy (non-hydrogen) atoms. The molecule has 7 fully saturated rings. The average Bonchev–Trinajstić information content (AvgIpc) is 1.68. The highest BCUT2D eigenvalue weighted by molar-refractivity contribution is 6.00. The number of ketones is 1. The van der Waals surface area contributed by atoms with Crippen molar-refractivity contribution >= 4 is 48.3 Å². The highest BCUT2D eigenvalue weighted by Gasteiger charge is 2.60. The first-order valence-electron chi connectivity index (χ1n) is 52.7. The molecule has 35 heteroatoms. The number of carbonyl (C=O) groups is 8. The van der Waals surface area contributed by atoms with Gasteiger partial charge in [-0.25, -0.2) is 24.0 Å². The molecule has 0 radical (unpaired) electrons. The summed E-state index contributed by atoms with van der Waals surface area (Å²) in [7, 11) is 12.4. The average molecular weight is 2080 g/mol. The summed E-state index contributed by atoms with van der Waals surface area (Å²) in [6, 6.07) is -0.861. The molecule has 7 saturated heterocycles. The molecule has 9 rings (SSSR count). The van der Waals surface area contributed by atoms with Gasteiger partial charge in [0.1, 0.15) is 29.8 Å². The summed E-state index contributed by atoms with van der Waals surface area (Å²) in [5.74, 6) is -5.55. The van der Waals surface area contributed by atoms with Crippen LogP contribution in [0.25, 0.3) is 0 Å². The normalized spacial score (nSPS) is 35.6. The second-order valence-corrected chi connectivity index (χ2v) is 45.8. The minimum absolute atomic E-state index is 0. The minimum atomic E-state index is -1.13. The van der Waals surface area contributed by atoms with E-state index in [1.165, 1.54) is 0 Å². The number of aliphatic hydroxyl groups excluding tert-OH is 2. The summed E-state index contributed by atoms with van der Waals surface area (Å²) in [5, 5.41) is 32.6. The van der Waals surface area contributed by atoms with Gasteiger partial charge in [0.25, 0.3) is 0 Å². The predicted molar refractivity (Wildman–Crippen MR) is 565 cm³/mol. The smallest absolute Gasteiger partial charge is 0.408 e. The number of alkyl carbamates (subject to hydrolysis) is 3. The fourth-order valence-corrected chi connectivity index (χ4v) is 23.2. The van der Waals surface area contributed by atoms with Crippen LogP contribution in [0, 0.1) is 65.1 Å². The number of nitrogens with one attached hydrogen (secondary N) is 4. The minimum Gasteiger partial charge on any atom is -0.458 e. The number of hydrogen-bond donors (Lipinski definition) is 7. The lowest BCUT2D eigenvalue weighted by atomic mass is 9.77. The number of amides is 3. The van der Waals surface area contributed by atoms with Crippen LogP contribution in [-0.4, -0.2) is 309 Å². The number of rotatable bonds is 39. The lowest BCUT2D eigenvalue weighted by Gasteiger charge is -2.48. The maximum Gasteiger partial charge on any atom is 0.408 e. The van der Waals surface area contributed by atoms with Crippen molar-refractivity contribution in [3.63, 3.8) is 0 Å². The zero-order valence-electron chi connectivity index (χ0n) is 94.5. The summed E-state index contributed by atoms with van der Waals surface area (Å²) < 4.78 is 106. The van der Waals surface area contributed by atoms with Gasteiger partial charge in [-0.2, -0.15) is 0 Å². The Balaban J connectivity index is 0.000000529. The van der Waals surface area contributed by atoms with Gasteiger partial charge in [-0.15, -0.1) is 19.7 Å². The molecule has 37 atom stereocenters. The summed E-state index contributed by atoms with van der Waals surface area (Å²) >= 11 is 0. The van der Waals surface area contributed by atoms with Crippen molar-refractivity contribution in [1.29, 1.82) is 0 Å². The van der Waals surface area contributed by atoms with Crippen LogP contribution in [0.2, 0.25) is 0 Å². The summed E-state index contributed by atoms with van der Waals surface area (Å²) in [6.07, 6.45) is 5.86. The number of ether oxygens (including phenoxy) is 17. The van der Waals surface area contributed by atoms with Crippen LogP contribution in [0.4, 0.5) is 14.4 Å². The van der Waals surface area contributed by atoms with E-state index in [0.717, 1.165) is 38.4 Å². The highest BCUT2D eigenvalue weighted by Crippen LogP contribution is 2.48. The molecular weight excluding hydrogens is 1880 g/mol. The molecule has 8 N–H and O–H groups in total. The van der Waals surface area contributed by atoms with E-state index in [1.807, 2.05) is 76.2 Å². The van der Waals surface area contributed by atoms with Crippen molar-refractivity contribution in [2.45, 2.75) is 467 Å². The Morgan fingerprint density at radius 1 is 0.555 bits per heavy atom. The molecule has 0 aromatic carbocycles. The van der Waals surface area contributed by atoms with E-state index in [2.05, 4.69) is 160 Å². The number of aliphatic hydroxyl groups is 2. The van der Waals surface area contributed by atoms with Crippen LogP contribution in [0.1, 0.15) is 302 Å². The standard InChI is InChI=1S/C38H66N2O9.C34H59N3O8.C28H47NO7.C9H18N2O3.2CH4.H2/c1-15-19-44-37(11,21-22(3)17-18-23(4)31-38(12,29(41)16-2)49-35(43)39-31)32(26(7)30-27(8)33(42)48-36(9,10)47-30)46-34-25(6)28(40(13)14)20-24(5)45-34;1-13-15-41-33(9)17-19(3)18-35-24(8)28-34(10,45-32(40)36-28)26(14-2)43-30(39)23(7)27(38)22(6)29(33)44-31-21(5)25(37(11)12)16-20(4)42-31;1-12-13-32-28(9,15-17(2)16-30)24(20(5)23-21(6)25(31)36-27(7,8)35-23)34-26-19(4)22(29(10)11)14-18(3)33-26;1-4-6(12)9(3)7(5(2)10)11-8(13)14-9;;;/h15,22-26,28-29,31-32,34,41H,1,16-21H2,2-14H3,(H,39,43);13,19-26,28-29,31,35H,1,14-18H2,2-12H3,(H,36,40);12,16-20,22,24,26H,1,13-15H2,2-11H3;5-7,12H,4,10H2,1-3H3,(H,11,13);2*1H4;1H/t22-,23-,24+,25+,26-,28?,29+,31+,32+,34-,37+,38+;19-,20?,21?,22+,23?,24-,25?,26-,28-,29-,31+,33-,34-;17-,18-,19-,20+,22?,24-,26+,28-;5-,6-,7-,9-;;;/m0111.../s1. The first-order chi connectivity index (χ1) is 66.7. The van der Waals surface area contributed by atoms with Crippen LogP contribution in [0.15, 0.2) is 60.6 Å². The first kappa shape index (κ1) is 131. The second-order valence-electron chi connectivity index (χ2n) is 45.8. The van der Waals surface area contributed by atoms with E-state index in [1.54, 1.807) is 94.4 Å². The Labute approximate surface area is 878 Å². The Morgan fingerprint density at radius 3 is 1.36 bits per heavy atom. The Hall–Kier alpha value is -6.78. The van der Waals surface area contributed by atoms with E-state index in [-0.39, 0.29) is 137 Å². The first-order valence-corrected chi connectivity index (χ1v) is 52.7. The quantitative estimate of drug-likeness (QED) is 0.00988. The van der Waals surface area contributed by atoms with Gasteiger partial charge in [-0.3, -0.25) is 9.59 Å². The third-order valence-electron chi connectivity index (χ3n) is 31.3. The Kier molecular flexibility index (Phi) is 50.1. The van der Waals surface area contributed by atoms with E-state index in [9.17, 15) is 48.6 Å². The molecule has 9 heterocycles. The number of aldehydes is 1. The van der Waals surface area contributed by atoms with Gasteiger partial charge in [0.2, 0.25) is 11.6 Å². The molecule has 35 nitrogen and oxygen atoms in total. The van der Waals surface area contributed by atoms with Crippen LogP contribution < -0.4 is 27.0 Å². The van der Waals surface area contributed by atoms with Crippen molar-refractivity contribution in [3.05, 3.63) is 60.6 Å². The number of carbonyl (C=O) groups excluding carboxylic acids is 8. The fraction of sp³-hybridized carbons (Fsp3) is 0.838. The van der Waals surface area contributed by atoms with Crippen LogP contribution in [0.5, 0.6) is 0 Å². The Bertz CT molecular complexity index is 4290. The lowest BCUT2D eigenvalue weighted by molar-refractivity contribution is -0.287. The van der Waals surface area contributed by atoms with Crippen LogP contribution in [0.3, 0.4) is 0 Å². The van der Waals surface area contributed by atoms with Crippen molar-refractivity contribution in [2.75, 3.05) is 68.7 Å². The molecule has 9 aliphatic rings. The van der Waals surface area contributed by atoms with Crippen molar-refractivity contribution < 1.29 is 131 Å². The van der Waals surface area contributed by atoms with Crippen LogP contribution in [-0.2, 0) is 104 Å². The molecule has 0 saturated carbocycles. The van der Waals surface area contributed by atoms with Crippen molar-refractivity contribution in [3.8, 4) is 0 Å². The Morgan fingerprint density at radius 2 is 0.959 bits per heavy atom. The molecule has 0 bridgehead atoms. The number of fused-ring (bicyclic) bond motifs is 1. The number of nitrogens with two attached hydrogens (primary N) is 1. The SMILES string of the molecule is C.C.C=CCO[C@](C)(C[C@@H](C)C=O)[C@H](O[C@@H]1O[C@H](C)CC(N(C)C)[C@H]1C)[C@@H](C)C1=C(C)C(=O)OC(C)(C)O1.C=CCO[C@](C)(C[C@@H](C)CC[C@H](C)[C@H]1NC(=O)O[C@]1(C)[C@H](O)CC)[C@H](O[C@@H]1O[C@H](C)CC(N(C)C)[C@H]1C)[C@@H](C)C1=C(C)C(=O)OC(C)(C)O1.C=CCO[C@]1(C)C[C@@H](C)CN[C@H](C)[C@H]2NC(=O)O[C@]2(C)[C@@H](CC)OC(=O)C(C)C(=O)[C@H](C)[C@H]1O[C@@H]1OC(C)CC(N(C)C)C1C.CC[C@@H](O)[C@@]1(C)OC(=O)N[C@@H]1[C@@H](C)N.[HH]. The predicted octanol–water partition coefficient (Wildman–Crippen LogP) is 16.4. The molecule has 0 aromatic heterocycles. The van der Waals surface area contributed by atoms with Gasteiger partial charge >= 0.3 is 36.2 Å². The maximum absolute atomic E-state index is 14.2. The summed E-state index contributed by atoms with van der Waals surface area (Å²) in [4.78, 5) is 108. The fourth-order valence-electron chi connectivity index (χ4n) is 23.2. The number of cyclic esters (lactones) is 5. The number of nitrogens with zero attached hydrogens (tertiary/aromatic N) is 3. The van der Waals surface area contributed by atoms with E-state index >= 15 is 0 Å². The number of Topliss-reactive ketones (excluding diaryl/α,β-unsaturated/α-hetero) is 1. The molecule has 0 spiro atoms. The second kappa shape index (κ2) is 55.7. The monoisotopic (exact) mass is 2080 g/mol. The molecular formula is C111H200N8O27. The molecule has 9 aliphatic heterocycles. The zero-order valence-corrected chi connectivity index (χ0v) is 94.5. The zero-order chi connectivity index (χ0) is 109. The maximum atomic E-state index is 14.2. The molecule has 3 amide bonds. The third kappa shape index (κ3) is 32.9. The van der Waals surface area contributed by atoms with E-state index in [4.69, 9.17) is 86.3 Å². The molecule has 6 unspecified atom stereocenters. The van der Waals surface area contributed by atoms with Gasteiger partial charge in [0, 0.05) is 101 Å². The molecule has 0 aromatic rings. The largest absolute Gasteiger partial charge is 0.458 e. The van der Waals surface area contributed by atoms with Gasteiger partial charge < -0.3 is 137 Å². The molecule has 846 valence electrons. The van der Waals surface area contributed by atoms with Crippen molar-refractivity contribution in [2.24, 2.45) is 70.8 Å². The molecule has 0 aliphatic carbocycles. The van der Waals surface area contributed by atoms with E-state index in [0.29, 0.717) is 74.3 Å². The van der Waals surface area contributed by atoms with E-state index < -0.39 is 167 Å². The third-order valence-corrected chi connectivity index (χ3v) is 31.3. The number of hydrogen-bond acceptors (Lipinski definition) is 32. The number of esters is 3. The highest BCUT2D eigenvalue weighted by atomic mass is 16.7. The topological polar surface area (TPSA) is 418 Å². The summed E-state index contributed by atoms with van der Waals surface area (Å²) in [6.45, 7) is 72.1. The van der Waals surface area contributed by atoms with Crippen molar-refractivity contribution in [1.82, 2.24) is 36.0 Å².